The van der Waals surface area contributed by atoms with Crippen molar-refractivity contribution in [1.82, 2.24) is 14.5 Å². The van der Waals surface area contributed by atoms with Gasteiger partial charge in [0, 0.05) is 11.1 Å². The van der Waals surface area contributed by atoms with Crippen molar-refractivity contribution in [2.75, 3.05) is 0 Å². The molecule has 0 saturated heterocycles. The maximum atomic E-state index is 13.4. The van der Waals surface area contributed by atoms with Crippen molar-refractivity contribution in [2.45, 2.75) is 30.0 Å². The number of hydrogen-bond donors (Lipinski definition) is 0. The molecule has 0 radical (unpaired) electrons. The van der Waals surface area contributed by atoms with E-state index in [1.807, 2.05) is 19.2 Å². The van der Waals surface area contributed by atoms with Crippen molar-refractivity contribution in [3.05, 3.63) is 41.2 Å². The summed E-state index contributed by atoms with van der Waals surface area (Å²) in [5.74, 6) is 0.379. The summed E-state index contributed by atoms with van der Waals surface area (Å²) in [5, 5.41) is 1.75. The number of imidazole rings is 1. The number of aromatic nitrogens is 3. The number of para-hydroxylation sites is 2. The van der Waals surface area contributed by atoms with Gasteiger partial charge in [0.05, 0.1) is 16.3 Å². The van der Waals surface area contributed by atoms with Gasteiger partial charge in [0.2, 0.25) is 0 Å². The number of aryl methyl sites for hydroxylation is 1. The Labute approximate surface area is 129 Å². The molecule has 0 fully saturated rings. The molecule has 1 aromatic carbocycles. The number of fused-ring (bicyclic) bond motifs is 1. The Morgan fingerprint density at radius 1 is 1.24 bits per heavy atom. The van der Waals surface area contributed by atoms with Crippen molar-refractivity contribution >= 4 is 34.1 Å². The summed E-state index contributed by atoms with van der Waals surface area (Å²) in [5.41, 5.74) is 2.00. The standard InChI is InChI=1S/C14H13F2N3S2/c1-8-7-20-14(17-8)21-9(2)12-18-10-5-3-4-6-11(10)19(12)13(15)16/h3-7,9,13H,1-2H3. The van der Waals surface area contributed by atoms with Gasteiger partial charge >= 0.3 is 6.55 Å². The highest BCUT2D eigenvalue weighted by Crippen LogP contribution is 2.38. The van der Waals surface area contributed by atoms with Crippen LogP contribution in [0.4, 0.5) is 8.78 Å². The lowest BCUT2D eigenvalue weighted by Gasteiger charge is -2.12. The minimum atomic E-state index is -2.60. The molecule has 0 saturated carbocycles. The minimum absolute atomic E-state index is 0.197. The summed E-state index contributed by atoms with van der Waals surface area (Å²) in [6, 6.07) is 6.97. The third kappa shape index (κ3) is 2.80. The molecule has 0 spiro atoms. The summed E-state index contributed by atoms with van der Waals surface area (Å²) in [6.07, 6.45) is 0. The van der Waals surface area contributed by atoms with Gasteiger partial charge in [0.25, 0.3) is 0 Å². The molecule has 2 aromatic heterocycles. The summed E-state index contributed by atoms with van der Waals surface area (Å²) in [4.78, 5) is 8.74. The van der Waals surface area contributed by atoms with E-state index in [0.717, 1.165) is 14.6 Å². The Hall–Kier alpha value is -1.47. The van der Waals surface area contributed by atoms with Gasteiger partial charge in [-0.15, -0.1) is 11.3 Å². The van der Waals surface area contributed by atoms with E-state index in [2.05, 4.69) is 9.97 Å². The first kappa shape index (κ1) is 14.5. The predicted octanol–water partition coefficient (Wildman–Crippen LogP) is 5.05. The van der Waals surface area contributed by atoms with Gasteiger partial charge in [-0.3, -0.25) is 4.57 Å². The van der Waals surface area contributed by atoms with Gasteiger partial charge in [-0.1, -0.05) is 23.9 Å². The number of alkyl halides is 2. The van der Waals surface area contributed by atoms with Gasteiger partial charge in [-0.2, -0.15) is 8.78 Å². The second kappa shape index (κ2) is 5.73. The first-order valence-corrected chi connectivity index (χ1v) is 8.16. The van der Waals surface area contributed by atoms with Crippen molar-refractivity contribution in [3.63, 3.8) is 0 Å². The first-order valence-electron chi connectivity index (χ1n) is 6.40. The van der Waals surface area contributed by atoms with E-state index in [1.54, 1.807) is 24.3 Å². The highest BCUT2D eigenvalue weighted by atomic mass is 32.2. The Bertz CT molecular complexity index is 767. The van der Waals surface area contributed by atoms with Gasteiger partial charge < -0.3 is 0 Å². The van der Waals surface area contributed by atoms with E-state index < -0.39 is 6.55 Å². The van der Waals surface area contributed by atoms with Crippen LogP contribution in [0.15, 0.2) is 34.0 Å². The molecule has 0 bridgehead atoms. The fourth-order valence-corrected chi connectivity index (χ4v) is 4.24. The number of benzene rings is 1. The number of thioether (sulfide) groups is 1. The maximum absolute atomic E-state index is 13.4. The highest BCUT2D eigenvalue weighted by Gasteiger charge is 2.23. The molecule has 21 heavy (non-hydrogen) atoms. The fourth-order valence-electron chi connectivity index (χ4n) is 2.15. The second-order valence-corrected chi connectivity index (χ2v) is 7.07. The second-order valence-electron chi connectivity index (χ2n) is 4.62. The molecule has 2 heterocycles. The van der Waals surface area contributed by atoms with E-state index in [1.165, 1.54) is 23.1 Å². The topological polar surface area (TPSA) is 30.7 Å². The lowest BCUT2D eigenvalue weighted by molar-refractivity contribution is 0.0715. The van der Waals surface area contributed by atoms with Crippen LogP contribution in [0.2, 0.25) is 0 Å². The van der Waals surface area contributed by atoms with E-state index >= 15 is 0 Å². The maximum Gasteiger partial charge on any atom is 0.320 e. The van der Waals surface area contributed by atoms with E-state index in [-0.39, 0.29) is 5.25 Å². The van der Waals surface area contributed by atoms with E-state index in [9.17, 15) is 8.78 Å². The number of rotatable bonds is 4. The molecule has 3 aromatic rings. The minimum Gasteiger partial charge on any atom is -0.269 e. The van der Waals surface area contributed by atoms with Crippen molar-refractivity contribution < 1.29 is 8.78 Å². The van der Waals surface area contributed by atoms with Crippen LogP contribution in [-0.4, -0.2) is 14.5 Å². The number of thiazole rings is 1. The van der Waals surface area contributed by atoms with Crippen LogP contribution in [0.5, 0.6) is 0 Å². The van der Waals surface area contributed by atoms with E-state index in [0.29, 0.717) is 16.9 Å². The lowest BCUT2D eigenvalue weighted by Crippen LogP contribution is -2.06. The SMILES string of the molecule is Cc1csc(SC(C)c2nc3ccccc3n2C(F)F)n1. The van der Waals surface area contributed by atoms with Crippen molar-refractivity contribution in [3.8, 4) is 0 Å². The van der Waals surface area contributed by atoms with E-state index in [4.69, 9.17) is 0 Å². The van der Waals surface area contributed by atoms with Crippen LogP contribution in [0.3, 0.4) is 0 Å². The van der Waals surface area contributed by atoms with Gasteiger partial charge in [-0.05, 0) is 26.0 Å². The molecule has 0 N–H and O–H groups in total. The number of nitrogens with zero attached hydrogens (tertiary/aromatic N) is 3. The molecule has 0 aliphatic heterocycles. The summed E-state index contributed by atoms with van der Waals surface area (Å²) in [7, 11) is 0. The fraction of sp³-hybridized carbons (Fsp3) is 0.286. The Morgan fingerprint density at radius 2 is 2.00 bits per heavy atom. The zero-order valence-corrected chi connectivity index (χ0v) is 13.1. The predicted molar refractivity (Wildman–Crippen MR) is 82.1 cm³/mol. The largest absolute Gasteiger partial charge is 0.320 e. The Kier molecular flexibility index (Phi) is 3.95. The molecule has 7 heteroatoms. The Balaban J connectivity index is 2.00. The summed E-state index contributed by atoms with van der Waals surface area (Å²) in [6.45, 7) is 1.19. The lowest BCUT2D eigenvalue weighted by atomic mass is 10.3. The number of hydrogen-bond acceptors (Lipinski definition) is 4. The normalized spacial score (nSPS) is 13.2. The molecule has 3 rings (SSSR count). The monoisotopic (exact) mass is 325 g/mol. The molecule has 1 unspecified atom stereocenters. The Morgan fingerprint density at radius 3 is 2.67 bits per heavy atom. The van der Waals surface area contributed by atoms with Crippen LogP contribution in [0.1, 0.15) is 30.2 Å². The van der Waals surface area contributed by atoms with Crippen LogP contribution in [-0.2, 0) is 0 Å². The molecule has 0 aliphatic rings. The zero-order valence-electron chi connectivity index (χ0n) is 11.5. The van der Waals surface area contributed by atoms with Crippen LogP contribution in [0.25, 0.3) is 11.0 Å². The van der Waals surface area contributed by atoms with Crippen LogP contribution < -0.4 is 0 Å². The highest BCUT2D eigenvalue weighted by molar-refractivity contribution is 8.01. The van der Waals surface area contributed by atoms with Crippen molar-refractivity contribution in [2.24, 2.45) is 0 Å². The smallest absolute Gasteiger partial charge is 0.269 e. The third-order valence-corrected chi connectivity index (χ3v) is 5.24. The van der Waals surface area contributed by atoms with Gasteiger partial charge in [-0.25, -0.2) is 9.97 Å². The summed E-state index contributed by atoms with van der Waals surface area (Å²) < 4.78 is 28.7. The van der Waals surface area contributed by atoms with Gasteiger partial charge in [0.15, 0.2) is 4.34 Å². The van der Waals surface area contributed by atoms with Crippen LogP contribution in [0, 0.1) is 6.92 Å². The molecule has 1 atom stereocenters. The molecule has 3 nitrogen and oxygen atoms in total. The van der Waals surface area contributed by atoms with Gasteiger partial charge in [0.1, 0.15) is 5.82 Å². The zero-order chi connectivity index (χ0) is 15.0. The van der Waals surface area contributed by atoms with Crippen molar-refractivity contribution in [1.29, 1.82) is 0 Å². The molecule has 0 aliphatic carbocycles. The molecular weight excluding hydrogens is 312 g/mol. The molecule has 0 amide bonds. The number of halogens is 2. The average Bonchev–Trinajstić information content (AvgIpc) is 3.02. The average molecular weight is 325 g/mol. The molecule has 110 valence electrons. The molecular formula is C14H13F2N3S2. The quantitative estimate of drug-likeness (QED) is 0.629. The van der Waals surface area contributed by atoms with Crippen LogP contribution >= 0.6 is 23.1 Å². The first-order chi connectivity index (χ1) is 10.1. The third-order valence-electron chi connectivity index (χ3n) is 3.06. The summed E-state index contributed by atoms with van der Waals surface area (Å²) >= 11 is 2.98.